The number of hydrogen-bond donors (Lipinski definition) is 1. The zero-order valence-electron chi connectivity index (χ0n) is 5.39. The number of nitrogens with zero attached hydrogens (tertiary/aromatic N) is 1. The van der Waals surface area contributed by atoms with Gasteiger partial charge in [0.2, 0.25) is 0 Å². The topological polar surface area (TPSA) is 36.3 Å². The molecular formula is C5H10N2OS. The van der Waals surface area contributed by atoms with Crippen molar-refractivity contribution in [3.63, 3.8) is 0 Å². The Labute approximate surface area is 58.8 Å². The van der Waals surface area contributed by atoms with Crippen molar-refractivity contribution in [3.05, 3.63) is 0 Å². The highest BCUT2D eigenvalue weighted by Gasteiger charge is 2.16. The number of hydrogen-bond acceptors (Lipinski definition) is 3. The van der Waals surface area contributed by atoms with Crippen LogP contribution < -0.4 is 0 Å². The number of hydroxylamine groups is 2. The van der Waals surface area contributed by atoms with Gasteiger partial charge in [0.15, 0.2) is 5.17 Å². The lowest BCUT2D eigenvalue weighted by molar-refractivity contribution is -0.0838. The van der Waals surface area contributed by atoms with Gasteiger partial charge in [0.25, 0.3) is 0 Å². The summed E-state index contributed by atoms with van der Waals surface area (Å²) in [4.78, 5) is 5.10. The molecule has 0 spiro atoms. The predicted molar refractivity (Wildman–Crippen MR) is 38.5 cm³/mol. The van der Waals surface area contributed by atoms with E-state index in [0.717, 1.165) is 12.3 Å². The summed E-state index contributed by atoms with van der Waals surface area (Å²) >= 11 is 1.53. The van der Waals surface area contributed by atoms with Crippen LogP contribution in [0.3, 0.4) is 0 Å². The molecular weight excluding hydrogens is 136 g/mol. The van der Waals surface area contributed by atoms with Crippen LogP contribution in [0.5, 0.6) is 0 Å². The molecule has 0 unspecified atom stereocenters. The lowest BCUT2D eigenvalue weighted by Crippen LogP contribution is -2.23. The highest BCUT2D eigenvalue weighted by Crippen LogP contribution is 2.15. The molecule has 1 N–H and O–H groups in total. The Morgan fingerprint density at radius 2 is 2.67 bits per heavy atom. The van der Waals surface area contributed by atoms with E-state index in [9.17, 15) is 0 Å². The Hall–Kier alpha value is -0.220. The molecule has 52 valence electrons. The van der Waals surface area contributed by atoms with Crippen LogP contribution >= 0.6 is 11.8 Å². The monoisotopic (exact) mass is 146 g/mol. The summed E-state index contributed by atoms with van der Waals surface area (Å²) in [7, 11) is 0. The van der Waals surface area contributed by atoms with E-state index in [1.165, 1.54) is 11.8 Å². The molecule has 0 aromatic rings. The minimum atomic E-state index is 0.539. The molecule has 0 amide bonds. The SMILES string of the molecule is CCON1CCSC1=N. The van der Waals surface area contributed by atoms with E-state index in [2.05, 4.69) is 0 Å². The van der Waals surface area contributed by atoms with Crippen molar-refractivity contribution in [1.29, 1.82) is 5.41 Å². The molecule has 1 heterocycles. The summed E-state index contributed by atoms with van der Waals surface area (Å²) in [6, 6.07) is 0. The summed E-state index contributed by atoms with van der Waals surface area (Å²) in [6.07, 6.45) is 0. The van der Waals surface area contributed by atoms with E-state index in [1.807, 2.05) is 6.92 Å². The summed E-state index contributed by atoms with van der Waals surface area (Å²) < 4.78 is 0. The Kier molecular flexibility index (Phi) is 2.36. The van der Waals surface area contributed by atoms with E-state index in [1.54, 1.807) is 5.06 Å². The van der Waals surface area contributed by atoms with Crippen LogP contribution in [0.4, 0.5) is 0 Å². The first-order valence-corrected chi connectivity index (χ1v) is 3.95. The van der Waals surface area contributed by atoms with Gasteiger partial charge in [-0.1, -0.05) is 11.8 Å². The van der Waals surface area contributed by atoms with Gasteiger partial charge >= 0.3 is 0 Å². The van der Waals surface area contributed by atoms with Crippen molar-refractivity contribution in [1.82, 2.24) is 5.06 Å². The molecule has 1 saturated heterocycles. The highest BCUT2D eigenvalue weighted by molar-refractivity contribution is 8.14. The van der Waals surface area contributed by atoms with Gasteiger partial charge in [0, 0.05) is 5.75 Å². The van der Waals surface area contributed by atoms with E-state index in [4.69, 9.17) is 10.2 Å². The van der Waals surface area contributed by atoms with Crippen LogP contribution in [0.2, 0.25) is 0 Å². The van der Waals surface area contributed by atoms with Crippen molar-refractivity contribution in [3.8, 4) is 0 Å². The molecule has 9 heavy (non-hydrogen) atoms. The molecule has 0 aliphatic carbocycles. The summed E-state index contributed by atoms with van der Waals surface area (Å²) in [5, 5.41) is 9.44. The number of nitrogens with one attached hydrogen (secondary N) is 1. The first-order chi connectivity index (χ1) is 4.34. The van der Waals surface area contributed by atoms with E-state index in [0.29, 0.717) is 11.8 Å². The number of thioether (sulfide) groups is 1. The quantitative estimate of drug-likeness (QED) is 0.629. The third kappa shape index (κ3) is 1.59. The Bertz CT molecular complexity index is 118. The maximum atomic E-state index is 7.27. The first-order valence-electron chi connectivity index (χ1n) is 2.96. The average molecular weight is 146 g/mol. The second-order valence-corrected chi connectivity index (χ2v) is 2.76. The van der Waals surface area contributed by atoms with Gasteiger partial charge in [-0.3, -0.25) is 10.2 Å². The molecule has 0 aromatic heterocycles. The molecule has 4 heteroatoms. The average Bonchev–Trinajstić information content (AvgIpc) is 2.18. The maximum Gasteiger partial charge on any atom is 0.180 e. The molecule has 1 aliphatic heterocycles. The van der Waals surface area contributed by atoms with E-state index in [-0.39, 0.29) is 0 Å². The highest BCUT2D eigenvalue weighted by atomic mass is 32.2. The maximum absolute atomic E-state index is 7.27. The van der Waals surface area contributed by atoms with E-state index < -0.39 is 0 Å². The smallest absolute Gasteiger partial charge is 0.180 e. The number of amidine groups is 1. The van der Waals surface area contributed by atoms with Crippen LogP contribution in [0.15, 0.2) is 0 Å². The van der Waals surface area contributed by atoms with Crippen LogP contribution in [0.25, 0.3) is 0 Å². The third-order valence-electron chi connectivity index (χ3n) is 1.04. The Balaban J connectivity index is 2.31. The van der Waals surface area contributed by atoms with Gasteiger partial charge in [0.05, 0.1) is 13.2 Å². The van der Waals surface area contributed by atoms with Gasteiger partial charge in [-0.25, -0.2) is 5.06 Å². The zero-order chi connectivity index (χ0) is 6.69. The second kappa shape index (κ2) is 3.08. The van der Waals surface area contributed by atoms with Crippen LogP contribution in [-0.4, -0.2) is 29.1 Å². The standard InChI is InChI=1S/C5H10N2OS/c1-2-8-7-3-4-9-5(7)6/h6H,2-4H2,1H3. The van der Waals surface area contributed by atoms with Crippen molar-refractivity contribution in [2.45, 2.75) is 6.92 Å². The molecule has 0 saturated carbocycles. The first kappa shape index (κ1) is 6.89. The molecule has 0 aromatic carbocycles. The predicted octanol–water partition coefficient (Wildman–Crippen LogP) is 0.921. The van der Waals surface area contributed by atoms with Crippen molar-refractivity contribution in [2.75, 3.05) is 18.9 Å². The Morgan fingerprint density at radius 1 is 1.89 bits per heavy atom. The van der Waals surface area contributed by atoms with Crippen molar-refractivity contribution in [2.24, 2.45) is 0 Å². The van der Waals surface area contributed by atoms with Crippen LogP contribution in [0.1, 0.15) is 6.92 Å². The van der Waals surface area contributed by atoms with E-state index >= 15 is 0 Å². The van der Waals surface area contributed by atoms with Gasteiger partial charge in [-0.15, -0.1) is 0 Å². The molecule has 0 bridgehead atoms. The van der Waals surface area contributed by atoms with Gasteiger partial charge < -0.3 is 0 Å². The van der Waals surface area contributed by atoms with Crippen molar-refractivity contribution >= 4 is 16.9 Å². The van der Waals surface area contributed by atoms with Crippen LogP contribution in [-0.2, 0) is 4.84 Å². The van der Waals surface area contributed by atoms with Crippen LogP contribution in [0, 0.1) is 5.41 Å². The number of rotatable bonds is 2. The fraction of sp³-hybridized carbons (Fsp3) is 0.800. The lowest BCUT2D eigenvalue weighted by atomic mass is 10.7. The zero-order valence-corrected chi connectivity index (χ0v) is 6.20. The largest absolute Gasteiger partial charge is 0.277 e. The van der Waals surface area contributed by atoms with Gasteiger partial charge in [-0.2, -0.15) is 0 Å². The molecule has 1 rings (SSSR count). The minimum Gasteiger partial charge on any atom is -0.277 e. The summed E-state index contributed by atoms with van der Waals surface area (Å²) in [5.74, 6) is 0.985. The third-order valence-corrected chi connectivity index (χ3v) is 1.91. The molecule has 1 aliphatic rings. The molecule has 0 atom stereocenters. The molecule has 3 nitrogen and oxygen atoms in total. The lowest BCUT2D eigenvalue weighted by Gasteiger charge is -2.13. The summed E-state index contributed by atoms with van der Waals surface area (Å²) in [6.45, 7) is 3.44. The van der Waals surface area contributed by atoms with Crippen molar-refractivity contribution < 1.29 is 4.84 Å². The fourth-order valence-electron chi connectivity index (χ4n) is 0.678. The minimum absolute atomic E-state index is 0.539. The second-order valence-electron chi connectivity index (χ2n) is 1.67. The summed E-state index contributed by atoms with van der Waals surface area (Å²) in [5.41, 5.74) is 0. The normalized spacial score (nSPS) is 19.2. The Morgan fingerprint density at radius 3 is 3.11 bits per heavy atom. The van der Waals surface area contributed by atoms with Gasteiger partial charge in [0.1, 0.15) is 0 Å². The molecule has 0 radical (unpaired) electrons. The van der Waals surface area contributed by atoms with Gasteiger partial charge in [-0.05, 0) is 6.92 Å². The molecule has 1 fully saturated rings. The fourth-order valence-corrected chi connectivity index (χ4v) is 1.42.